The molecule has 0 aliphatic carbocycles. The molecular formula is C17H19NO2. The summed E-state index contributed by atoms with van der Waals surface area (Å²) in [5, 5.41) is 9.16. The van der Waals surface area contributed by atoms with Gasteiger partial charge in [-0.15, -0.1) is 0 Å². The van der Waals surface area contributed by atoms with Crippen LogP contribution in [-0.4, -0.2) is 16.1 Å². The van der Waals surface area contributed by atoms with Gasteiger partial charge in [-0.25, -0.2) is 4.79 Å². The summed E-state index contributed by atoms with van der Waals surface area (Å²) in [6, 6.07) is 9.32. The van der Waals surface area contributed by atoms with E-state index in [0.717, 1.165) is 23.2 Å². The van der Waals surface area contributed by atoms with Gasteiger partial charge in [0.25, 0.3) is 0 Å². The minimum absolute atomic E-state index is 0.329. The predicted molar refractivity (Wildman–Crippen MR) is 79.9 cm³/mol. The van der Waals surface area contributed by atoms with E-state index in [4.69, 9.17) is 5.11 Å². The standard InChI is InChI=1S/C17H19NO2/c1-11(2)9-13-7-8-16(18-10-13)14-5-4-6-15(12(14)3)17(19)20/h4-8,10-11H,9H2,1-3H3,(H,19,20). The molecule has 0 saturated heterocycles. The average Bonchev–Trinajstić information content (AvgIpc) is 2.39. The molecule has 0 saturated carbocycles. The molecule has 0 fully saturated rings. The fourth-order valence-electron chi connectivity index (χ4n) is 2.32. The Bertz CT molecular complexity index is 615. The van der Waals surface area contributed by atoms with Crippen molar-refractivity contribution >= 4 is 5.97 Å². The van der Waals surface area contributed by atoms with Gasteiger partial charge in [0.1, 0.15) is 0 Å². The Balaban J connectivity index is 2.37. The third-order valence-electron chi connectivity index (χ3n) is 3.31. The van der Waals surface area contributed by atoms with Crippen LogP contribution in [0.25, 0.3) is 11.3 Å². The quantitative estimate of drug-likeness (QED) is 0.914. The van der Waals surface area contributed by atoms with Gasteiger partial charge in [-0.1, -0.05) is 32.0 Å². The van der Waals surface area contributed by atoms with E-state index in [1.165, 1.54) is 5.56 Å². The first kappa shape index (κ1) is 14.3. The van der Waals surface area contributed by atoms with Crippen LogP contribution in [0.15, 0.2) is 36.5 Å². The SMILES string of the molecule is Cc1c(C(=O)O)cccc1-c1ccc(CC(C)C)cn1. The summed E-state index contributed by atoms with van der Waals surface area (Å²) < 4.78 is 0. The van der Waals surface area contributed by atoms with Crippen LogP contribution in [0.1, 0.15) is 35.3 Å². The van der Waals surface area contributed by atoms with Crippen LogP contribution in [-0.2, 0) is 6.42 Å². The summed E-state index contributed by atoms with van der Waals surface area (Å²) in [4.78, 5) is 15.6. The molecule has 1 heterocycles. The lowest BCUT2D eigenvalue weighted by Gasteiger charge is -2.09. The number of hydrogen-bond donors (Lipinski definition) is 1. The Labute approximate surface area is 119 Å². The first-order valence-electron chi connectivity index (χ1n) is 6.77. The summed E-state index contributed by atoms with van der Waals surface area (Å²) >= 11 is 0. The van der Waals surface area contributed by atoms with E-state index in [2.05, 4.69) is 24.9 Å². The normalized spacial score (nSPS) is 10.8. The van der Waals surface area contributed by atoms with Gasteiger partial charge in [0.2, 0.25) is 0 Å². The molecule has 2 aromatic rings. The smallest absolute Gasteiger partial charge is 0.335 e. The van der Waals surface area contributed by atoms with Crippen LogP contribution in [0.3, 0.4) is 0 Å². The molecule has 1 aromatic carbocycles. The minimum atomic E-state index is -0.902. The minimum Gasteiger partial charge on any atom is -0.478 e. The van der Waals surface area contributed by atoms with Crippen LogP contribution in [0.4, 0.5) is 0 Å². The monoisotopic (exact) mass is 269 g/mol. The number of aromatic carboxylic acids is 1. The number of aromatic nitrogens is 1. The predicted octanol–water partition coefficient (Wildman–Crippen LogP) is 3.95. The number of rotatable bonds is 4. The second kappa shape index (κ2) is 5.87. The maximum Gasteiger partial charge on any atom is 0.335 e. The van der Waals surface area contributed by atoms with Crippen molar-refractivity contribution in [3.05, 3.63) is 53.2 Å². The number of hydrogen-bond acceptors (Lipinski definition) is 2. The lowest BCUT2D eigenvalue weighted by atomic mass is 9.98. The topological polar surface area (TPSA) is 50.2 Å². The maximum absolute atomic E-state index is 11.2. The number of pyridine rings is 1. The number of carbonyl (C=O) groups is 1. The van der Waals surface area contributed by atoms with E-state index in [1.807, 2.05) is 25.3 Å². The van der Waals surface area contributed by atoms with Gasteiger partial charge in [0.15, 0.2) is 0 Å². The summed E-state index contributed by atoms with van der Waals surface area (Å²) in [5.74, 6) is -0.305. The number of carboxylic acid groups (broad SMARTS) is 1. The van der Waals surface area contributed by atoms with Gasteiger partial charge >= 0.3 is 5.97 Å². The van der Waals surface area contributed by atoms with E-state index < -0.39 is 5.97 Å². The highest BCUT2D eigenvalue weighted by Gasteiger charge is 2.12. The highest BCUT2D eigenvalue weighted by Crippen LogP contribution is 2.24. The first-order chi connectivity index (χ1) is 9.49. The molecule has 0 spiro atoms. The third-order valence-corrected chi connectivity index (χ3v) is 3.31. The Morgan fingerprint density at radius 3 is 2.55 bits per heavy atom. The zero-order valence-corrected chi connectivity index (χ0v) is 12.1. The summed E-state index contributed by atoms with van der Waals surface area (Å²) in [7, 11) is 0. The van der Waals surface area contributed by atoms with Gasteiger partial charge in [-0.2, -0.15) is 0 Å². The van der Waals surface area contributed by atoms with E-state index in [1.54, 1.807) is 12.1 Å². The molecule has 0 bridgehead atoms. The van der Waals surface area contributed by atoms with Gasteiger partial charge in [0.05, 0.1) is 11.3 Å². The molecule has 2 rings (SSSR count). The van der Waals surface area contributed by atoms with Crippen molar-refractivity contribution in [1.82, 2.24) is 4.98 Å². The second-order valence-corrected chi connectivity index (χ2v) is 5.43. The lowest BCUT2D eigenvalue weighted by Crippen LogP contribution is -2.01. The Kier molecular flexibility index (Phi) is 4.18. The molecule has 0 atom stereocenters. The van der Waals surface area contributed by atoms with Gasteiger partial charge in [0, 0.05) is 11.8 Å². The summed E-state index contributed by atoms with van der Waals surface area (Å²) in [6.07, 6.45) is 2.88. The zero-order chi connectivity index (χ0) is 14.7. The van der Waals surface area contributed by atoms with Crippen molar-refractivity contribution in [3.63, 3.8) is 0 Å². The lowest BCUT2D eigenvalue weighted by molar-refractivity contribution is 0.0696. The van der Waals surface area contributed by atoms with Crippen LogP contribution >= 0.6 is 0 Å². The fourth-order valence-corrected chi connectivity index (χ4v) is 2.32. The van der Waals surface area contributed by atoms with Gasteiger partial charge in [-0.3, -0.25) is 4.98 Å². The molecule has 0 radical (unpaired) electrons. The van der Waals surface area contributed by atoms with Crippen molar-refractivity contribution in [2.45, 2.75) is 27.2 Å². The van der Waals surface area contributed by atoms with E-state index >= 15 is 0 Å². The Hall–Kier alpha value is -2.16. The van der Waals surface area contributed by atoms with Crippen molar-refractivity contribution in [3.8, 4) is 11.3 Å². The number of benzene rings is 1. The summed E-state index contributed by atoms with van der Waals surface area (Å²) in [5.41, 5.74) is 3.98. The third kappa shape index (κ3) is 3.05. The van der Waals surface area contributed by atoms with Gasteiger partial charge in [-0.05, 0) is 42.5 Å². The molecule has 0 amide bonds. The van der Waals surface area contributed by atoms with Crippen molar-refractivity contribution in [2.75, 3.05) is 0 Å². The van der Waals surface area contributed by atoms with Crippen LogP contribution in [0.2, 0.25) is 0 Å². The maximum atomic E-state index is 11.2. The highest BCUT2D eigenvalue weighted by atomic mass is 16.4. The molecule has 3 nitrogen and oxygen atoms in total. The molecule has 1 N–H and O–H groups in total. The van der Waals surface area contributed by atoms with Crippen molar-refractivity contribution in [2.24, 2.45) is 5.92 Å². The first-order valence-corrected chi connectivity index (χ1v) is 6.77. The Morgan fingerprint density at radius 2 is 2.00 bits per heavy atom. The number of carboxylic acids is 1. The van der Waals surface area contributed by atoms with Crippen LogP contribution in [0.5, 0.6) is 0 Å². The van der Waals surface area contributed by atoms with Crippen molar-refractivity contribution < 1.29 is 9.90 Å². The fraction of sp³-hybridized carbons (Fsp3) is 0.294. The van der Waals surface area contributed by atoms with E-state index in [-0.39, 0.29) is 0 Å². The molecule has 0 unspecified atom stereocenters. The molecule has 1 aromatic heterocycles. The highest BCUT2D eigenvalue weighted by molar-refractivity contribution is 5.91. The van der Waals surface area contributed by atoms with E-state index in [0.29, 0.717) is 11.5 Å². The summed E-state index contributed by atoms with van der Waals surface area (Å²) in [6.45, 7) is 6.17. The Morgan fingerprint density at radius 1 is 1.25 bits per heavy atom. The van der Waals surface area contributed by atoms with Crippen LogP contribution in [0, 0.1) is 12.8 Å². The molecular weight excluding hydrogens is 250 g/mol. The number of nitrogens with zero attached hydrogens (tertiary/aromatic N) is 1. The molecule has 104 valence electrons. The van der Waals surface area contributed by atoms with E-state index in [9.17, 15) is 4.79 Å². The van der Waals surface area contributed by atoms with Crippen LogP contribution < -0.4 is 0 Å². The largest absolute Gasteiger partial charge is 0.478 e. The molecule has 20 heavy (non-hydrogen) atoms. The molecule has 0 aliphatic rings. The zero-order valence-electron chi connectivity index (χ0n) is 12.1. The van der Waals surface area contributed by atoms with Gasteiger partial charge < -0.3 is 5.11 Å². The molecule has 3 heteroatoms. The average molecular weight is 269 g/mol. The van der Waals surface area contributed by atoms with Crippen molar-refractivity contribution in [1.29, 1.82) is 0 Å². The molecule has 0 aliphatic heterocycles. The second-order valence-electron chi connectivity index (χ2n) is 5.43.